The topological polar surface area (TPSA) is 6.48 Å². The molecule has 1 heterocycles. The average Bonchev–Trinajstić information content (AvgIpc) is 2.87. The monoisotopic (exact) mass is 286 g/mol. The van der Waals surface area contributed by atoms with E-state index in [1.807, 2.05) is 0 Å². The summed E-state index contributed by atoms with van der Waals surface area (Å²) in [4.78, 5) is 5.04. The van der Waals surface area contributed by atoms with Gasteiger partial charge in [0.2, 0.25) is 0 Å². The third-order valence-electron chi connectivity index (χ3n) is 3.60. The van der Waals surface area contributed by atoms with Crippen molar-refractivity contribution in [2.24, 2.45) is 11.8 Å². The van der Waals surface area contributed by atoms with Crippen LogP contribution in [0.1, 0.15) is 19.3 Å². The summed E-state index contributed by atoms with van der Waals surface area (Å²) in [6, 6.07) is 0. The van der Waals surface area contributed by atoms with E-state index in [1.54, 1.807) is 0 Å². The average molecular weight is 287 g/mol. The lowest BCUT2D eigenvalue weighted by Gasteiger charge is -2.21. The normalized spacial score (nSPS) is 26.6. The van der Waals surface area contributed by atoms with Crippen molar-refractivity contribution in [1.29, 1.82) is 0 Å². The zero-order valence-corrected chi connectivity index (χ0v) is 11.9. The molecule has 0 aromatic heterocycles. The molecule has 1 saturated carbocycles. The van der Waals surface area contributed by atoms with Crippen molar-refractivity contribution in [2.45, 2.75) is 19.3 Å². The summed E-state index contributed by atoms with van der Waals surface area (Å²) in [5, 5.41) is 0. The fourth-order valence-corrected chi connectivity index (χ4v) is 3.06. The Balaban J connectivity index is 1.65. The molecule has 92 valence electrons. The highest BCUT2D eigenvalue weighted by Gasteiger charge is 2.26. The van der Waals surface area contributed by atoms with Crippen molar-refractivity contribution in [3.63, 3.8) is 0 Å². The molecule has 16 heavy (non-hydrogen) atoms. The first-order valence-electron chi connectivity index (χ1n) is 6.37. The maximum Gasteiger partial charge on any atom is 0.0294 e. The number of rotatable bonds is 6. The van der Waals surface area contributed by atoms with Gasteiger partial charge in [0, 0.05) is 30.7 Å². The molecule has 0 spiro atoms. The number of nitrogens with zero attached hydrogens (tertiary/aromatic N) is 2. The molecule has 0 amide bonds. The molecule has 2 aliphatic rings. The summed E-state index contributed by atoms with van der Waals surface area (Å²) < 4.78 is 1.11. The van der Waals surface area contributed by atoms with Crippen LogP contribution in [0.25, 0.3) is 0 Å². The van der Waals surface area contributed by atoms with E-state index < -0.39 is 0 Å². The Morgan fingerprint density at radius 2 is 2.00 bits per heavy atom. The van der Waals surface area contributed by atoms with E-state index in [9.17, 15) is 0 Å². The highest BCUT2D eigenvalue weighted by molar-refractivity contribution is 9.11. The Morgan fingerprint density at radius 3 is 2.62 bits per heavy atom. The number of hydrogen-bond donors (Lipinski definition) is 0. The van der Waals surface area contributed by atoms with Crippen LogP contribution in [-0.2, 0) is 0 Å². The van der Waals surface area contributed by atoms with Crippen LogP contribution in [0.5, 0.6) is 0 Å². The minimum Gasteiger partial charge on any atom is -0.306 e. The Labute approximate surface area is 108 Å². The van der Waals surface area contributed by atoms with Crippen LogP contribution in [-0.4, -0.2) is 49.6 Å². The molecule has 0 aromatic carbocycles. The van der Waals surface area contributed by atoms with E-state index in [-0.39, 0.29) is 0 Å². The van der Waals surface area contributed by atoms with Gasteiger partial charge in [-0.25, -0.2) is 0 Å². The molecule has 1 aliphatic heterocycles. The minimum atomic E-state index is 0.871. The minimum absolute atomic E-state index is 0.871. The third-order valence-corrected chi connectivity index (χ3v) is 3.85. The van der Waals surface area contributed by atoms with Crippen molar-refractivity contribution in [3.8, 4) is 0 Å². The molecule has 2 rings (SSSR count). The summed E-state index contributed by atoms with van der Waals surface area (Å²) in [5.74, 6) is 1.89. The third kappa shape index (κ3) is 4.19. The van der Waals surface area contributed by atoms with Gasteiger partial charge in [0.05, 0.1) is 0 Å². The van der Waals surface area contributed by atoms with E-state index in [1.165, 1.54) is 45.4 Å². The van der Waals surface area contributed by atoms with E-state index in [0.717, 1.165) is 22.9 Å². The molecule has 1 aliphatic carbocycles. The van der Waals surface area contributed by atoms with Gasteiger partial charge in [-0.3, -0.25) is 4.90 Å². The molecular weight excluding hydrogens is 264 g/mol. The second kappa shape index (κ2) is 5.65. The van der Waals surface area contributed by atoms with Crippen LogP contribution in [0.15, 0.2) is 11.1 Å². The van der Waals surface area contributed by atoms with Gasteiger partial charge in [-0.15, -0.1) is 0 Å². The van der Waals surface area contributed by atoms with Crippen LogP contribution in [0.4, 0.5) is 0 Å². The van der Waals surface area contributed by atoms with E-state index in [4.69, 9.17) is 0 Å². The molecular formula is C13H23BrN2. The van der Waals surface area contributed by atoms with Crippen LogP contribution in [0.2, 0.25) is 0 Å². The lowest BCUT2D eigenvalue weighted by atomic mass is 10.1. The Hall–Kier alpha value is 0.140. The second-order valence-electron chi connectivity index (χ2n) is 5.57. The lowest BCUT2D eigenvalue weighted by Crippen LogP contribution is -2.30. The van der Waals surface area contributed by atoms with Crippen LogP contribution in [0.3, 0.4) is 0 Å². The SMILES string of the molecule is C=C(Br)CN1CC[C@H](CN(C)CC2CC2)C1. The fraction of sp³-hybridized carbons (Fsp3) is 0.846. The smallest absolute Gasteiger partial charge is 0.0294 e. The molecule has 1 saturated heterocycles. The zero-order valence-electron chi connectivity index (χ0n) is 10.3. The van der Waals surface area contributed by atoms with Crippen molar-refractivity contribution < 1.29 is 0 Å². The molecule has 0 unspecified atom stereocenters. The number of likely N-dealkylation sites (tertiary alicyclic amines) is 1. The molecule has 0 N–H and O–H groups in total. The van der Waals surface area contributed by atoms with Crippen LogP contribution < -0.4 is 0 Å². The standard InChI is InChI=1S/C13H23BrN2/c1-11(14)7-16-6-5-13(10-16)9-15(2)8-12-3-4-12/h12-13H,1,3-10H2,2H3/t13-/m1/s1. The molecule has 3 heteroatoms. The largest absolute Gasteiger partial charge is 0.306 e. The first-order valence-corrected chi connectivity index (χ1v) is 7.17. The van der Waals surface area contributed by atoms with Gasteiger partial charge >= 0.3 is 0 Å². The number of halogens is 1. The van der Waals surface area contributed by atoms with Crippen LogP contribution >= 0.6 is 15.9 Å². The predicted molar refractivity (Wildman–Crippen MR) is 72.8 cm³/mol. The second-order valence-corrected chi connectivity index (χ2v) is 6.69. The maximum atomic E-state index is 3.92. The van der Waals surface area contributed by atoms with Gasteiger partial charge in [-0.1, -0.05) is 22.5 Å². The van der Waals surface area contributed by atoms with Gasteiger partial charge in [0.25, 0.3) is 0 Å². The maximum absolute atomic E-state index is 3.92. The summed E-state index contributed by atoms with van der Waals surface area (Å²) >= 11 is 3.45. The summed E-state index contributed by atoms with van der Waals surface area (Å²) in [7, 11) is 2.28. The van der Waals surface area contributed by atoms with Crippen molar-refractivity contribution >= 4 is 15.9 Å². The quantitative estimate of drug-likeness (QED) is 0.741. The molecule has 0 bridgehead atoms. The van der Waals surface area contributed by atoms with Crippen molar-refractivity contribution in [2.75, 3.05) is 39.8 Å². The molecule has 0 aromatic rings. The summed E-state index contributed by atoms with van der Waals surface area (Å²) in [6.07, 6.45) is 4.28. The highest BCUT2D eigenvalue weighted by Crippen LogP contribution is 2.30. The first-order chi connectivity index (χ1) is 7.63. The molecule has 1 atom stereocenters. The highest BCUT2D eigenvalue weighted by atomic mass is 79.9. The van der Waals surface area contributed by atoms with Crippen molar-refractivity contribution in [1.82, 2.24) is 9.80 Å². The van der Waals surface area contributed by atoms with Gasteiger partial charge in [-0.2, -0.15) is 0 Å². The molecule has 2 nitrogen and oxygen atoms in total. The van der Waals surface area contributed by atoms with E-state index in [0.29, 0.717) is 0 Å². The van der Waals surface area contributed by atoms with E-state index in [2.05, 4.69) is 39.4 Å². The van der Waals surface area contributed by atoms with Gasteiger partial charge in [0.1, 0.15) is 0 Å². The van der Waals surface area contributed by atoms with E-state index >= 15 is 0 Å². The Morgan fingerprint density at radius 1 is 1.31 bits per heavy atom. The lowest BCUT2D eigenvalue weighted by molar-refractivity contribution is 0.261. The molecule has 0 radical (unpaired) electrons. The first kappa shape index (κ1) is 12.6. The van der Waals surface area contributed by atoms with Gasteiger partial charge in [-0.05, 0) is 44.7 Å². The van der Waals surface area contributed by atoms with Crippen molar-refractivity contribution in [3.05, 3.63) is 11.1 Å². The summed E-state index contributed by atoms with van der Waals surface area (Å²) in [5.41, 5.74) is 0. The Kier molecular flexibility index (Phi) is 4.45. The molecule has 2 fully saturated rings. The fourth-order valence-electron chi connectivity index (χ4n) is 2.70. The van der Waals surface area contributed by atoms with Gasteiger partial charge in [0.15, 0.2) is 0 Å². The van der Waals surface area contributed by atoms with Gasteiger partial charge < -0.3 is 4.90 Å². The predicted octanol–water partition coefficient (Wildman–Crippen LogP) is 2.56. The Bertz CT molecular complexity index is 250. The summed E-state index contributed by atoms with van der Waals surface area (Å²) in [6.45, 7) is 10.0. The number of hydrogen-bond acceptors (Lipinski definition) is 2. The zero-order chi connectivity index (χ0) is 11.5. The van der Waals surface area contributed by atoms with Crippen LogP contribution in [0, 0.1) is 11.8 Å².